The highest BCUT2D eigenvalue weighted by molar-refractivity contribution is 7.80. The topological polar surface area (TPSA) is 12.4 Å². The average Bonchev–Trinajstić information content (AvgIpc) is 2.18. The fourth-order valence-electron chi connectivity index (χ4n) is 1.45. The van der Waals surface area contributed by atoms with Crippen LogP contribution in [0.2, 0.25) is 0 Å². The van der Waals surface area contributed by atoms with Gasteiger partial charge in [0.2, 0.25) is 0 Å². The average molecular weight is 251 g/mol. The summed E-state index contributed by atoms with van der Waals surface area (Å²) in [4.78, 5) is 5.22. The van der Waals surface area contributed by atoms with E-state index in [1.807, 2.05) is 0 Å². The van der Waals surface area contributed by atoms with Crippen molar-refractivity contribution in [3.05, 3.63) is 35.6 Å². The number of nitrogens with zero attached hydrogens (tertiary/aromatic N) is 1. The zero-order valence-electron chi connectivity index (χ0n) is 10.5. The molecule has 0 fully saturated rings. The van der Waals surface area contributed by atoms with E-state index in [4.69, 9.17) is 12.2 Å². The van der Waals surface area contributed by atoms with Crippen LogP contribution in [0, 0.1) is 11.2 Å². The van der Waals surface area contributed by atoms with Crippen LogP contribution in [-0.4, -0.2) is 17.6 Å². The normalized spacial score (nSPS) is 12.0. The summed E-state index contributed by atoms with van der Waals surface area (Å²) in [6, 6.07) is 6.25. The summed E-state index contributed by atoms with van der Waals surface area (Å²) in [5.41, 5.74) is 1.10. The van der Waals surface area contributed by atoms with Crippen molar-refractivity contribution >= 4 is 23.3 Å². The first-order valence-electron chi connectivity index (χ1n) is 5.64. The number of benzene rings is 1. The first-order valence-corrected chi connectivity index (χ1v) is 6.05. The predicted molar refractivity (Wildman–Crippen MR) is 75.5 cm³/mol. The van der Waals surface area contributed by atoms with E-state index in [-0.39, 0.29) is 11.2 Å². The van der Waals surface area contributed by atoms with Crippen LogP contribution in [0.3, 0.4) is 0 Å². The Morgan fingerprint density at radius 2 is 1.88 bits per heavy atom. The molecule has 1 nitrogen and oxygen atoms in total. The van der Waals surface area contributed by atoms with E-state index < -0.39 is 0 Å². The van der Waals surface area contributed by atoms with Gasteiger partial charge in [0.1, 0.15) is 5.82 Å². The lowest BCUT2D eigenvalue weighted by Crippen LogP contribution is -2.13. The fraction of sp³-hybridized carbons (Fsp3) is 0.429. The van der Waals surface area contributed by atoms with Crippen molar-refractivity contribution in [1.29, 1.82) is 0 Å². The second-order valence-electron chi connectivity index (χ2n) is 5.30. The molecule has 0 aliphatic heterocycles. The van der Waals surface area contributed by atoms with Crippen molar-refractivity contribution in [1.82, 2.24) is 0 Å². The third-order valence-electron chi connectivity index (χ3n) is 2.11. The van der Waals surface area contributed by atoms with Crippen LogP contribution >= 0.6 is 12.2 Å². The molecule has 1 aromatic carbocycles. The molecule has 0 aliphatic carbocycles. The van der Waals surface area contributed by atoms with E-state index in [9.17, 15) is 4.39 Å². The molecule has 0 radical (unpaired) electrons. The second-order valence-corrected chi connectivity index (χ2v) is 5.87. The van der Waals surface area contributed by atoms with Gasteiger partial charge in [-0.25, -0.2) is 4.39 Å². The molecule has 0 saturated heterocycles. The summed E-state index contributed by atoms with van der Waals surface area (Å²) in [5.74, 6) is -0.231. The maximum atomic E-state index is 12.7. The maximum absolute atomic E-state index is 12.7. The largest absolute Gasteiger partial charge is 0.287 e. The lowest BCUT2D eigenvalue weighted by atomic mass is 9.90. The number of halogens is 1. The molecule has 0 heterocycles. The summed E-state index contributed by atoms with van der Waals surface area (Å²) < 4.78 is 12.7. The number of hydrogen-bond acceptors (Lipinski definition) is 2. The first-order chi connectivity index (χ1) is 7.87. The standard InChI is InChI=1S/C14H18FNS/c1-14(2,3)8-13(17)10-16-9-11-4-6-12(15)7-5-11/h4-7,9H,8,10H2,1-3H3. The van der Waals surface area contributed by atoms with Crippen molar-refractivity contribution in [3.8, 4) is 0 Å². The minimum absolute atomic E-state index is 0.211. The minimum atomic E-state index is -0.231. The van der Waals surface area contributed by atoms with Crippen molar-refractivity contribution in [2.24, 2.45) is 10.4 Å². The van der Waals surface area contributed by atoms with Crippen molar-refractivity contribution < 1.29 is 4.39 Å². The Morgan fingerprint density at radius 1 is 1.29 bits per heavy atom. The van der Waals surface area contributed by atoms with E-state index in [1.54, 1.807) is 18.3 Å². The summed E-state index contributed by atoms with van der Waals surface area (Å²) in [6.45, 7) is 7.03. The van der Waals surface area contributed by atoms with E-state index in [0.29, 0.717) is 6.54 Å². The molecule has 0 N–H and O–H groups in total. The van der Waals surface area contributed by atoms with Gasteiger partial charge in [-0.3, -0.25) is 4.99 Å². The number of thiocarbonyl (C=S) groups is 1. The van der Waals surface area contributed by atoms with E-state index in [1.165, 1.54) is 12.1 Å². The third kappa shape index (κ3) is 6.27. The molecule has 0 unspecified atom stereocenters. The van der Waals surface area contributed by atoms with Crippen molar-refractivity contribution in [3.63, 3.8) is 0 Å². The summed E-state index contributed by atoms with van der Waals surface area (Å²) >= 11 is 5.26. The van der Waals surface area contributed by atoms with E-state index in [0.717, 1.165) is 16.8 Å². The van der Waals surface area contributed by atoms with Gasteiger partial charge >= 0.3 is 0 Å². The number of rotatable bonds is 4. The van der Waals surface area contributed by atoms with Gasteiger partial charge in [0, 0.05) is 11.1 Å². The SMILES string of the molecule is CC(C)(C)CC(=S)CN=Cc1ccc(F)cc1. The maximum Gasteiger partial charge on any atom is 0.123 e. The van der Waals surface area contributed by atoms with Gasteiger partial charge in [-0.05, 0) is 29.5 Å². The Kier molecular flexibility index (Phi) is 4.94. The molecule has 3 heteroatoms. The third-order valence-corrected chi connectivity index (χ3v) is 2.38. The van der Waals surface area contributed by atoms with Crippen LogP contribution in [0.15, 0.2) is 29.3 Å². The van der Waals surface area contributed by atoms with Gasteiger partial charge in [0.05, 0.1) is 6.54 Å². The lowest BCUT2D eigenvalue weighted by molar-refractivity contribution is 0.435. The first kappa shape index (κ1) is 14.0. The molecule has 1 aromatic rings. The minimum Gasteiger partial charge on any atom is -0.287 e. The Labute approximate surface area is 108 Å². The molecular formula is C14H18FNS. The van der Waals surface area contributed by atoms with Gasteiger partial charge < -0.3 is 0 Å². The Hall–Kier alpha value is -1.09. The van der Waals surface area contributed by atoms with Gasteiger partial charge in [-0.15, -0.1) is 0 Å². The highest BCUT2D eigenvalue weighted by Crippen LogP contribution is 2.19. The van der Waals surface area contributed by atoms with E-state index >= 15 is 0 Å². The van der Waals surface area contributed by atoms with Gasteiger partial charge in [-0.1, -0.05) is 45.1 Å². The zero-order valence-corrected chi connectivity index (χ0v) is 11.4. The quantitative estimate of drug-likeness (QED) is 0.581. The van der Waals surface area contributed by atoms with Crippen LogP contribution < -0.4 is 0 Å². The van der Waals surface area contributed by atoms with Crippen LogP contribution in [0.4, 0.5) is 4.39 Å². The lowest BCUT2D eigenvalue weighted by Gasteiger charge is -2.17. The van der Waals surface area contributed by atoms with Crippen LogP contribution in [0.1, 0.15) is 32.8 Å². The molecule has 92 valence electrons. The molecule has 0 aliphatic rings. The smallest absolute Gasteiger partial charge is 0.123 e. The summed E-state index contributed by atoms with van der Waals surface area (Å²) in [7, 11) is 0. The predicted octanol–water partition coefficient (Wildman–Crippen LogP) is 4.05. The van der Waals surface area contributed by atoms with Gasteiger partial charge in [-0.2, -0.15) is 0 Å². The number of aliphatic imine (C=N–C) groups is 1. The van der Waals surface area contributed by atoms with Crippen molar-refractivity contribution in [2.75, 3.05) is 6.54 Å². The molecule has 0 atom stereocenters. The fourth-order valence-corrected chi connectivity index (χ4v) is 1.96. The van der Waals surface area contributed by atoms with E-state index in [2.05, 4.69) is 25.8 Å². The summed E-state index contributed by atoms with van der Waals surface area (Å²) in [6.07, 6.45) is 2.62. The molecule has 0 bridgehead atoms. The van der Waals surface area contributed by atoms with Crippen LogP contribution in [-0.2, 0) is 0 Å². The molecule has 17 heavy (non-hydrogen) atoms. The molecule has 0 amide bonds. The molecule has 0 spiro atoms. The Bertz CT molecular complexity index is 401. The van der Waals surface area contributed by atoms with Gasteiger partial charge in [0.25, 0.3) is 0 Å². The molecule has 1 rings (SSSR count). The molecule has 0 saturated carbocycles. The van der Waals surface area contributed by atoms with Gasteiger partial charge in [0.15, 0.2) is 0 Å². The Balaban J connectivity index is 2.45. The molecular weight excluding hydrogens is 233 g/mol. The highest BCUT2D eigenvalue weighted by atomic mass is 32.1. The second kappa shape index (κ2) is 6.01. The van der Waals surface area contributed by atoms with Crippen LogP contribution in [0.25, 0.3) is 0 Å². The molecule has 0 aromatic heterocycles. The highest BCUT2D eigenvalue weighted by Gasteiger charge is 2.12. The monoisotopic (exact) mass is 251 g/mol. The Morgan fingerprint density at radius 3 is 2.41 bits per heavy atom. The zero-order chi connectivity index (χ0) is 12.9. The number of hydrogen-bond donors (Lipinski definition) is 0. The van der Waals surface area contributed by atoms with Crippen molar-refractivity contribution in [2.45, 2.75) is 27.2 Å². The van der Waals surface area contributed by atoms with Crippen LogP contribution in [0.5, 0.6) is 0 Å². The summed E-state index contributed by atoms with van der Waals surface area (Å²) in [5, 5.41) is 0.